The molecule has 0 spiro atoms. The molecule has 1 fully saturated rings. The zero-order chi connectivity index (χ0) is 22.5. The van der Waals surface area contributed by atoms with Crippen molar-refractivity contribution in [1.29, 1.82) is 0 Å². The lowest BCUT2D eigenvalue weighted by Gasteiger charge is -2.27. The van der Waals surface area contributed by atoms with Crippen LogP contribution in [-0.4, -0.2) is 50.4 Å². The Morgan fingerprint density at radius 1 is 1.23 bits per heavy atom. The summed E-state index contributed by atoms with van der Waals surface area (Å²) in [5.74, 6) is -1.33. The number of likely N-dealkylation sites (N-methyl/N-ethyl adjacent to an activating group) is 1. The molecule has 0 saturated carbocycles. The van der Waals surface area contributed by atoms with Crippen LogP contribution in [0.25, 0.3) is 5.76 Å². The second-order valence-corrected chi connectivity index (χ2v) is 8.05. The van der Waals surface area contributed by atoms with Gasteiger partial charge in [-0.25, -0.2) is 0 Å². The van der Waals surface area contributed by atoms with Crippen LogP contribution in [0.15, 0.2) is 66.8 Å². The monoisotopic (exact) mass is 440 g/mol. The molecule has 1 heterocycles. The van der Waals surface area contributed by atoms with Crippen LogP contribution >= 0.6 is 11.6 Å². The van der Waals surface area contributed by atoms with Gasteiger partial charge in [-0.05, 0) is 35.4 Å². The number of amides is 1. The summed E-state index contributed by atoms with van der Waals surface area (Å²) in [7, 11) is 3.92. The lowest BCUT2D eigenvalue weighted by molar-refractivity contribution is -0.857. The highest BCUT2D eigenvalue weighted by Crippen LogP contribution is 2.39. The number of likely N-dealkylation sites (tertiary alicyclic amines) is 1. The van der Waals surface area contributed by atoms with E-state index >= 15 is 0 Å². The van der Waals surface area contributed by atoms with Crippen LogP contribution in [0, 0.1) is 0 Å². The molecule has 2 aromatic rings. The van der Waals surface area contributed by atoms with E-state index in [2.05, 4.69) is 6.58 Å². The molecule has 7 heteroatoms. The largest absolute Gasteiger partial charge is 0.872 e. The number of nitrogens with one attached hydrogen (secondary N) is 1. The number of carbonyl (C=O) groups excluding carboxylic acids is 2. The minimum absolute atomic E-state index is 0.0548. The molecule has 6 nitrogen and oxygen atoms in total. The number of carbonyl (C=O) groups is 2. The Morgan fingerprint density at radius 3 is 2.55 bits per heavy atom. The number of hydrogen-bond acceptors (Lipinski definition) is 4. The molecule has 2 aromatic carbocycles. The second kappa shape index (κ2) is 9.81. The first-order valence-electron chi connectivity index (χ1n) is 9.98. The maximum absolute atomic E-state index is 13.3. The molecule has 0 bridgehead atoms. The van der Waals surface area contributed by atoms with Crippen molar-refractivity contribution in [2.45, 2.75) is 6.04 Å². The van der Waals surface area contributed by atoms with Gasteiger partial charge >= 0.3 is 0 Å². The summed E-state index contributed by atoms with van der Waals surface area (Å²) in [6.07, 6.45) is 1.62. The normalized spacial score (nSPS) is 17.9. The predicted molar refractivity (Wildman–Crippen MR) is 118 cm³/mol. The van der Waals surface area contributed by atoms with Crippen LogP contribution < -0.4 is 14.7 Å². The van der Waals surface area contributed by atoms with E-state index in [1.165, 1.54) is 4.90 Å². The first-order chi connectivity index (χ1) is 14.8. The van der Waals surface area contributed by atoms with E-state index < -0.39 is 23.5 Å². The van der Waals surface area contributed by atoms with Crippen LogP contribution in [0.1, 0.15) is 17.2 Å². The fourth-order valence-electron chi connectivity index (χ4n) is 3.48. The highest BCUT2D eigenvalue weighted by Gasteiger charge is 2.44. The lowest BCUT2D eigenvalue weighted by Crippen LogP contribution is -3.06. The van der Waals surface area contributed by atoms with Crippen molar-refractivity contribution in [2.24, 2.45) is 0 Å². The van der Waals surface area contributed by atoms with Crippen molar-refractivity contribution >= 4 is 29.1 Å². The lowest BCUT2D eigenvalue weighted by atomic mass is 9.95. The summed E-state index contributed by atoms with van der Waals surface area (Å²) in [5, 5.41) is 13.8. The third kappa shape index (κ3) is 4.98. The summed E-state index contributed by atoms with van der Waals surface area (Å²) < 4.78 is 5.45. The molecule has 1 saturated heterocycles. The van der Waals surface area contributed by atoms with Crippen LogP contribution in [-0.2, 0) is 9.59 Å². The molecular formula is C24H25ClN2O4. The SMILES string of the molecule is C=CCOc1ccc(/C([O-])=C2\C(=O)C(=O)N(CC[NH+](C)C)C2c2cccc(Cl)c2)cc1. The van der Waals surface area contributed by atoms with Gasteiger partial charge in [-0.1, -0.05) is 54.3 Å². The molecule has 3 rings (SSSR count). The first-order valence-corrected chi connectivity index (χ1v) is 10.4. The van der Waals surface area contributed by atoms with Gasteiger partial charge in [0.15, 0.2) is 0 Å². The molecule has 162 valence electrons. The van der Waals surface area contributed by atoms with Gasteiger partial charge in [0.2, 0.25) is 5.78 Å². The van der Waals surface area contributed by atoms with Gasteiger partial charge in [0.05, 0.1) is 33.2 Å². The number of ketones is 1. The van der Waals surface area contributed by atoms with Gasteiger partial charge in [-0.2, -0.15) is 0 Å². The number of nitrogens with zero attached hydrogens (tertiary/aromatic N) is 1. The number of Topliss-reactive ketones (excluding diaryl/α,β-unsaturated/α-hetero) is 1. The summed E-state index contributed by atoms with van der Waals surface area (Å²) in [6.45, 7) is 4.92. The minimum Gasteiger partial charge on any atom is -0.872 e. The number of ether oxygens (including phenoxy) is 1. The van der Waals surface area contributed by atoms with Crippen molar-refractivity contribution in [2.75, 3.05) is 33.8 Å². The van der Waals surface area contributed by atoms with E-state index in [9.17, 15) is 14.7 Å². The van der Waals surface area contributed by atoms with Crippen molar-refractivity contribution in [1.82, 2.24) is 4.90 Å². The molecule has 1 aliphatic rings. The van der Waals surface area contributed by atoms with E-state index in [0.717, 1.165) is 4.90 Å². The zero-order valence-electron chi connectivity index (χ0n) is 17.6. The minimum atomic E-state index is -0.776. The number of halogens is 1. The number of rotatable bonds is 8. The highest BCUT2D eigenvalue weighted by atomic mass is 35.5. The topological polar surface area (TPSA) is 74.1 Å². The standard InChI is InChI=1S/C24H25ClN2O4/c1-4-14-31-19-10-8-16(9-11-19)22(28)20-21(17-6-5-7-18(25)15-17)27(13-12-26(2)3)24(30)23(20)29/h4-11,15,21,28H,1,12-14H2,2-3H3/b22-20+. The third-order valence-electron chi connectivity index (χ3n) is 5.03. The number of hydrogen-bond donors (Lipinski definition) is 1. The Hall–Kier alpha value is -3.09. The highest BCUT2D eigenvalue weighted by molar-refractivity contribution is 6.46. The molecule has 1 amide bonds. The van der Waals surface area contributed by atoms with E-state index in [1.54, 1.807) is 54.6 Å². The Bertz CT molecular complexity index is 1010. The molecule has 1 aliphatic heterocycles. The average molecular weight is 441 g/mol. The van der Waals surface area contributed by atoms with Crippen molar-refractivity contribution in [3.63, 3.8) is 0 Å². The Morgan fingerprint density at radius 2 is 1.94 bits per heavy atom. The fourth-order valence-corrected chi connectivity index (χ4v) is 3.68. The quantitative estimate of drug-likeness (QED) is 0.290. The first kappa shape index (κ1) is 22.6. The molecule has 0 aromatic heterocycles. The molecule has 0 aliphatic carbocycles. The maximum atomic E-state index is 13.3. The van der Waals surface area contributed by atoms with Gasteiger partial charge in [0, 0.05) is 10.6 Å². The van der Waals surface area contributed by atoms with Gasteiger partial charge in [-0.3, -0.25) is 9.59 Å². The summed E-state index contributed by atoms with van der Waals surface area (Å²) >= 11 is 6.17. The van der Waals surface area contributed by atoms with Crippen LogP contribution in [0.5, 0.6) is 5.75 Å². The van der Waals surface area contributed by atoms with Crippen LogP contribution in [0.2, 0.25) is 5.02 Å². The van der Waals surface area contributed by atoms with Crippen molar-refractivity contribution in [3.8, 4) is 5.75 Å². The molecule has 1 N–H and O–H groups in total. The Kier molecular flexibility index (Phi) is 7.15. The molecular weight excluding hydrogens is 416 g/mol. The van der Waals surface area contributed by atoms with Crippen molar-refractivity contribution in [3.05, 3.63) is 82.9 Å². The van der Waals surface area contributed by atoms with Gasteiger partial charge in [0.1, 0.15) is 12.4 Å². The van der Waals surface area contributed by atoms with Crippen LogP contribution in [0.3, 0.4) is 0 Å². The van der Waals surface area contributed by atoms with E-state index in [4.69, 9.17) is 16.3 Å². The summed E-state index contributed by atoms with van der Waals surface area (Å²) in [5.41, 5.74) is 0.893. The second-order valence-electron chi connectivity index (χ2n) is 7.61. The Labute approximate surface area is 187 Å². The molecule has 1 atom stereocenters. The summed E-state index contributed by atoms with van der Waals surface area (Å²) in [6, 6.07) is 12.6. The number of quaternary nitrogens is 1. The van der Waals surface area contributed by atoms with E-state index in [-0.39, 0.29) is 5.57 Å². The third-order valence-corrected chi connectivity index (χ3v) is 5.27. The molecule has 1 unspecified atom stereocenters. The fraction of sp³-hybridized carbons (Fsp3) is 0.250. The van der Waals surface area contributed by atoms with E-state index in [0.29, 0.717) is 41.6 Å². The van der Waals surface area contributed by atoms with E-state index in [1.807, 2.05) is 14.1 Å². The Balaban J connectivity index is 2.07. The average Bonchev–Trinajstić information content (AvgIpc) is 3.01. The summed E-state index contributed by atoms with van der Waals surface area (Å²) in [4.78, 5) is 28.4. The molecule has 0 radical (unpaired) electrons. The molecule has 31 heavy (non-hydrogen) atoms. The maximum Gasteiger partial charge on any atom is 0.295 e. The zero-order valence-corrected chi connectivity index (χ0v) is 18.3. The smallest absolute Gasteiger partial charge is 0.295 e. The van der Waals surface area contributed by atoms with Gasteiger partial charge < -0.3 is 19.6 Å². The predicted octanol–water partition coefficient (Wildman–Crippen LogP) is 1.27. The number of benzene rings is 2. The van der Waals surface area contributed by atoms with Gasteiger partial charge in [-0.15, -0.1) is 0 Å². The van der Waals surface area contributed by atoms with Crippen LogP contribution in [0.4, 0.5) is 0 Å². The van der Waals surface area contributed by atoms with Gasteiger partial charge in [0.25, 0.3) is 5.91 Å². The van der Waals surface area contributed by atoms with Crippen molar-refractivity contribution < 1.29 is 24.3 Å².